The van der Waals surface area contributed by atoms with E-state index < -0.39 is 0 Å². The Balaban J connectivity index is 1.22. The van der Waals surface area contributed by atoms with Crippen LogP contribution >= 0.6 is 0 Å². The summed E-state index contributed by atoms with van der Waals surface area (Å²) in [7, 11) is 0. The number of benzene rings is 2. The molecule has 5 heteroatoms. The number of amides is 2. The topological polar surface area (TPSA) is 71.3 Å². The van der Waals surface area contributed by atoms with Gasteiger partial charge in [-0.05, 0) is 80.0 Å². The summed E-state index contributed by atoms with van der Waals surface area (Å²) in [5.74, 6) is 0.252. The Morgan fingerprint density at radius 1 is 1.10 bits per heavy atom. The van der Waals surface area contributed by atoms with Crippen LogP contribution in [0.25, 0.3) is 11.0 Å². The Morgan fingerprint density at radius 2 is 1.83 bits per heavy atom. The molecule has 1 unspecified atom stereocenters. The highest BCUT2D eigenvalue weighted by Crippen LogP contribution is 2.31. The maximum absolute atomic E-state index is 12.7. The minimum absolute atomic E-state index is 0.0307. The van der Waals surface area contributed by atoms with Crippen molar-refractivity contribution in [3.05, 3.63) is 64.9 Å². The van der Waals surface area contributed by atoms with Crippen LogP contribution in [0.15, 0.2) is 47.1 Å². The van der Waals surface area contributed by atoms with Gasteiger partial charge in [-0.1, -0.05) is 12.1 Å². The van der Waals surface area contributed by atoms with Gasteiger partial charge in [0, 0.05) is 22.6 Å². The van der Waals surface area contributed by atoms with Crippen molar-refractivity contribution in [3.63, 3.8) is 0 Å². The molecule has 0 spiro atoms. The lowest BCUT2D eigenvalue weighted by Crippen LogP contribution is -2.28. The van der Waals surface area contributed by atoms with Crippen LogP contribution < -0.4 is 10.6 Å². The van der Waals surface area contributed by atoms with Crippen molar-refractivity contribution in [2.75, 3.05) is 5.32 Å². The van der Waals surface area contributed by atoms with Crippen LogP contribution in [-0.2, 0) is 28.9 Å². The molecule has 5 nitrogen and oxygen atoms in total. The predicted octanol–water partition coefficient (Wildman–Crippen LogP) is 4.69. The summed E-state index contributed by atoms with van der Waals surface area (Å²) < 4.78 is 5.72. The Morgan fingerprint density at radius 3 is 2.57 bits per heavy atom. The molecule has 1 heterocycles. The third-order valence-electron chi connectivity index (χ3n) is 6.22. The summed E-state index contributed by atoms with van der Waals surface area (Å²) >= 11 is 0. The number of fused-ring (bicyclic) bond motifs is 2. The molecule has 0 radical (unpaired) electrons. The van der Waals surface area contributed by atoms with E-state index in [0.29, 0.717) is 6.42 Å². The van der Waals surface area contributed by atoms with Gasteiger partial charge in [0.1, 0.15) is 5.58 Å². The SMILES string of the molecule is CC(NC(=O)Cc1coc2cc3c(cc12)CCC3)c1ccc(NC(=O)C2CC2)cc1. The van der Waals surface area contributed by atoms with Gasteiger partial charge in [0.05, 0.1) is 18.7 Å². The van der Waals surface area contributed by atoms with Gasteiger partial charge in [-0.3, -0.25) is 9.59 Å². The fourth-order valence-electron chi connectivity index (χ4n) is 4.28. The summed E-state index contributed by atoms with van der Waals surface area (Å²) in [4.78, 5) is 24.5. The number of carbonyl (C=O) groups excluding carboxylic acids is 2. The van der Waals surface area contributed by atoms with Crippen LogP contribution in [0, 0.1) is 5.92 Å². The second-order valence-electron chi connectivity index (χ2n) is 8.58. The second kappa shape index (κ2) is 7.63. The highest BCUT2D eigenvalue weighted by Gasteiger charge is 2.29. The highest BCUT2D eigenvalue weighted by molar-refractivity contribution is 5.94. The number of nitrogens with one attached hydrogen (secondary N) is 2. The standard InChI is InChI=1S/C25H26N2O3/c1-15(16-7-9-21(10-8-16)27-25(29)17-5-6-17)26-24(28)13-20-14-30-23-12-19-4-2-3-18(19)11-22(20)23/h7-12,14-15,17H,2-6,13H2,1H3,(H,26,28)(H,27,29). The van der Waals surface area contributed by atoms with Gasteiger partial charge in [-0.2, -0.15) is 0 Å². The number of furan rings is 1. The number of carbonyl (C=O) groups is 2. The van der Waals surface area contributed by atoms with E-state index in [2.05, 4.69) is 22.8 Å². The molecular formula is C25H26N2O3. The molecule has 154 valence electrons. The average molecular weight is 402 g/mol. The van der Waals surface area contributed by atoms with E-state index in [1.54, 1.807) is 6.26 Å². The normalized spacial score (nSPS) is 16.3. The molecule has 3 aromatic rings. The van der Waals surface area contributed by atoms with E-state index in [0.717, 1.165) is 53.5 Å². The van der Waals surface area contributed by atoms with Gasteiger partial charge in [-0.25, -0.2) is 0 Å². The van der Waals surface area contributed by atoms with E-state index in [4.69, 9.17) is 4.42 Å². The van der Waals surface area contributed by atoms with Crippen molar-refractivity contribution in [3.8, 4) is 0 Å². The van der Waals surface area contributed by atoms with Gasteiger partial charge >= 0.3 is 0 Å². The minimum Gasteiger partial charge on any atom is -0.464 e. The zero-order valence-corrected chi connectivity index (χ0v) is 17.2. The largest absolute Gasteiger partial charge is 0.464 e. The Bertz CT molecular complexity index is 1110. The maximum atomic E-state index is 12.7. The second-order valence-corrected chi connectivity index (χ2v) is 8.58. The lowest BCUT2D eigenvalue weighted by molar-refractivity contribution is -0.121. The van der Waals surface area contributed by atoms with Gasteiger partial charge in [0.2, 0.25) is 11.8 Å². The summed E-state index contributed by atoms with van der Waals surface area (Å²) in [5.41, 5.74) is 6.36. The summed E-state index contributed by atoms with van der Waals surface area (Å²) in [6, 6.07) is 11.9. The van der Waals surface area contributed by atoms with Crippen LogP contribution in [-0.4, -0.2) is 11.8 Å². The molecular weight excluding hydrogens is 376 g/mol. The number of rotatable bonds is 6. The third-order valence-corrected chi connectivity index (χ3v) is 6.22. The molecule has 1 atom stereocenters. The molecule has 1 aromatic heterocycles. The number of hydrogen-bond acceptors (Lipinski definition) is 3. The molecule has 1 saturated carbocycles. The van der Waals surface area contributed by atoms with Crippen molar-refractivity contribution in [2.24, 2.45) is 5.92 Å². The molecule has 0 saturated heterocycles. The molecule has 30 heavy (non-hydrogen) atoms. The summed E-state index contributed by atoms with van der Waals surface area (Å²) in [5, 5.41) is 7.06. The molecule has 2 amide bonds. The molecule has 1 fully saturated rings. The number of hydrogen-bond donors (Lipinski definition) is 2. The van der Waals surface area contributed by atoms with Gasteiger partial charge in [0.25, 0.3) is 0 Å². The molecule has 0 bridgehead atoms. The first-order valence-corrected chi connectivity index (χ1v) is 10.8. The van der Waals surface area contributed by atoms with Gasteiger partial charge in [-0.15, -0.1) is 0 Å². The predicted molar refractivity (Wildman–Crippen MR) is 116 cm³/mol. The molecule has 2 aromatic carbocycles. The van der Waals surface area contributed by atoms with Crippen LogP contribution in [0.4, 0.5) is 5.69 Å². The van der Waals surface area contributed by atoms with E-state index in [-0.39, 0.29) is 23.8 Å². The van der Waals surface area contributed by atoms with Crippen LogP contribution in [0.5, 0.6) is 0 Å². The van der Waals surface area contributed by atoms with E-state index >= 15 is 0 Å². The molecule has 2 aliphatic rings. The molecule has 2 aliphatic carbocycles. The summed E-state index contributed by atoms with van der Waals surface area (Å²) in [6.45, 7) is 1.97. The van der Waals surface area contributed by atoms with Gasteiger partial charge < -0.3 is 15.1 Å². The fourth-order valence-corrected chi connectivity index (χ4v) is 4.28. The number of anilines is 1. The molecule has 0 aliphatic heterocycles. The minimum atomic E-state index is -0.118. The first-order chi connectivity index (χ1) is 14.6. The average Bonchev–Trinajstić information content (AvgIpc) is 3.38. The first kappa shape index (κ1) is 18.9. The van der Waals surface area contributed by atoms with E-state index in [1.807, 2.05) is 31.2 Å². The van der Waals surface area contributed by atoms with Crippen LogP contribution in [0.1, 0.15) is 54.5 Å². The summed E-state index contributed by atoms with van der Waals surface area (Å²) in [6.07, 6.45) is 7.40. The zero-order valence-electron chi connectivity index (χ0n) is 17.2. The number of aryl methyl sites for hydroxylation is 2. The first-order valence-electron chi connectivity index (χ1n) is 10.8. The van der Waals surface area contributed by atoms with E-state index in [9.17, 15) is 9.59 Å². The highest BCUT2D eigenvalue weighted by atomic mass is 16.3. The monoisotopic (exact) mass is 402 g/mol. The molecule has 5 rings (SSSR count). The van der Waals surface area contributed by atoms with Crippen LogP contribution in [0.2, 0.25) is 0 Å². The lowest BCUT2D eigenvalue weighted by Gasteiger charge is -2.15. The van der Waals surface area contributed by atoms with Crippen molar-refractivity contribution >= 4 is 28.5 Å². The van der Waals surface area contributed by atoms with Crippen LogP contribution in [0.3, 0.4) is 0 Å². The quantitative estimate of drug-likeness (QED) is 0.628. The van der Waals surface area contributed by atoms with Gasteiger partial charge in [0.15, 0.2) is 0 Å². The Kier molecular flexibility index (Phi) is 4.81. The lowest BCUT2D eigenvalue weighted by atomic mass is 10.0. The third kappa shape index (κ3) is 3.84. The van der Waals surface area contributed by atoms with Crippen molar-refractivity contribution in [1.82, 2.24) is 5.32 Å². The van der Waals surface area contributed by atoms with E-state index in [1.165, 1.54) is 17.5 Å². The van der Waals surface area contributed by atoms with Crippen molar-refractivity contribution < 1.29 is 14.0 Å². The smallest absolute Gasteiger partial charge is 0.227 e. The molecule has 2 N–H and O–H groups in total. The van der Waals surface area contributed by atoms with Crippen molar-refractivity contribution in [1.29, 1.82) is 0 Å². The van der Waals surface area contributed by atoms with Crippen molar-refractivity contribution in [2.45, 2.75) is 51.5 Å². The maximum Gasteiger partial charge on any atom is 0.227 e. The zero-order chi connectivity index (χ0) is 20.7. The Labute approximate surface area is 175 Å². The Hall–Kier alpha value is -3.08. The fraction of sp³-hybridized carbons (Fsp3) is 0.360.